The number of fused-ring (bicyclic) bond motifs is 1. The van der Waals surface area contributed by atoms with Crippen LogP contribution in [0.2, 0.25) is 0 Å². The Morgan fingerprint density at radius 2 is 2.11 bits per heavy atom. The number of aliphatic hydroxyl groups excluding tert-OH is 1. The molecule has 0 spiro atoms. The number of halogens is 1. The van der Waals surface area contributed by atoms with Crippen molar-refractivity contribution in [2.45, 2.75) is 37.3 Å². The van der Waals surface area contributed by atoms with E-state index >= 15 is 0 Å². The maximum Gasteiger partial charge on any atom is 0.254 e. The van der Waals surface area contributed by atoms with Crippen molar-refractivity contribution in [2.75, 3.05) is 4.43 Å². The lowest BCUT2D eigenvalue weighted by atomic mass is 10.1. The van der Waals surface area contributed by atoms with Crippen LogP contribution in [0.4, 0.5) is 0 Å². The number of hydrogen-bond acceptors (Lipinski definition) is 3. The topological polar surface area (TPSA) is 49.8 Å². The molecule has 2 saturated heterocycles. The lowest BCUT2D eigenvalue weighted by molar-refractivity contribution is -0.138. The molecule has 0 aliphatic carbocycles. The fourth-order valence-electron chi connectivity index (χ4n) is 2.91. The highest BCUT2D eigenvalue weighted by molar-refractivity contribution is 14.1. The van der Waals surface area contributed by atoms with Gasteiger partial charge in [-0.2, -0.15) is 0 Å². The molecule has 5 heteroatoms. The van der Waals surface area contributed by atoms with Crippen LogP contribution in [0.3, 0.4) is 0 Å². The second-order valence-electron chi connectivity index (χ2n) is 5.08. The molecule has 0 aromatic heterocycles. The van der Waals surface area contributed by atoms with Gasteiger partial charge in [0, 0.05) is 11.0 Å². The lowest BCUT2D eigenvalue weighted by Crippen LogP contribution is -2.35. The maximum absolute atomic E-state index is 12.1. The van der Waals surface area contributed by atoms with Gasteiger partial charge in [0.2, 0.25) is 0 Å². The van der Waals surface area contributed by atoms with Crippen molar-refractivity contribution in [3.63, 3.8) is 0 Å². The van der Waals surface area contributed by atoms with E-state index in [0.717, 1.165) is 16.4 Å². The highest BCUT2D eigenvalue weighted by atomic mass is 127. The van der Waals surface area contributed by atoms with E-state index in [0.29, 0.717) is 6.54 Å². The average Bonchev–Trinajstić information content (AvgIpc) is 2.95. The molecule has 102 valence electrons. The minimum Gasteiger partial charge on any atom is -0.380 e. The van der Waals surface area contributed by atoms with Crippen LogP contribution in [0.25, 0.3) is 0 Å². The molecule has 1 aromatic rings. The molecule has 0 saturated carbocycles. The highest BCUT2D eigenvalue weighted by Gasteiger charge is 2.53. The number of carbonyl (C=O) groups is 1. The van der Waals surface area contributed by atoms with Crippen LogP contribution < -0.4 is 0 Å². The number of carbonyl (C=O) groups excluding carboxylic acids is 1. The quantitative estimate of drug-likeness (QED) is 0.643. The van der Waals surface area contributed by atoms with E-state index in [1.807, 2.05) is 30.3 Å². The zero-order valence-electron chi connectivity index (χ0n) is 10.4. The Kier molecular flexibility index (Phi) is 3.77. The third-order valence-corrected chi connectivity index (χ3v) is 4.83. The Morgan fingerprint density at radius 1 is 1.37 bits per heavy atom. The average molecular weight is 373 g/mol. The van der Waals surface area contributed by atoms with Gasteiger partial charge in [-0.05, 0) is 12.0 Å². The molecule has 0 bridgehead atoms. The fourth-order valence-corrected chi connectivity index (χ4v) is 3.48. The Hall–Kier alpha value is -0.660. The molecule has 4 nitrogen and oxygen atoms in total. The molecule has 0 radical (unpaired) electrons. The van der Waals surface area contributed by atoms with E-state index in [-0.39, 0.29) is 24.2 Å². The molecule has 1 aromatic carbocycles. The van der Waals surface area contributed by atoms with Gasteiger partial charge in [0.15, 0.2) is 6.10 Å². The number of likely N-dealkylation sites (tertiary alicyclic amines) is 1. The largest absolute Gasteiger partial charge is 0.380 e. The van der Waals surface area contributed by atoms with E-state index in [9.17, 15) is 9.90 Å². The number of ether oxygens (including phenoxy) is 1. The van der Waals surface area contributed by atoms with Crippen LogP contribution in [0.5, 0.6) is 0 Å². The highest BCUT2D eigenvalue weighted by Crippen LogP contribution is 2.35. The summed E-state index contributed by atoms with van der Waals surface area (Å²) in [6, 6.07) is 9.89. The molecule has 1 amide bonds. The first kappa shape index (κ1) is 13.3. The minimum absolute atomic E-state index is 0.0162. The zero-order chi connectivity index (χ0) is 13.4. The summed E-state index contributed by atoms with van der Waals surface area (Å²) in [7, 11) is 0. The first-order valence-electron chi connectivity index (χ1n) is 6.44. The van der Waals surface area contributed by atoms with E-state index in [4.69, 9.17) is 4.74 Å². The number of alkyl halides is 1. The van der Waals surface area contributed by atoms with Gasteiger partial charge in [-0.1, -0.05) is 52.9 Å². The summed E-state index contributed by atoms with van der Waals surface area (Å²) in [5.74, 6) is -0.203. The van der Waals surface area contributed by atoms with Gasteiger partial charge in [-0.25, -0.2) is 0 Å². The van der Waals surface area contributed by atoms with E-state index in [1.54, 1.807) is 4.90 Å². The molecular formula is C14H16INO3. The molecule has 2 aliphatic rings. The predicted molar refractivity (Wildman–Crippen MR) is 79.0 cm³/mol. The molecule has 2 fully saturated rings. The van der Waals surface area contributed by atoms with Crippen molar-refractivity contribution in [3.8, 4) is 0 Å². The van der Waals surface area contributed by atoms with Crippen molar-refractivity contribution in [1.29, 1.82) is 0 Å². The summed E-state index contributed by atoms with van der Waals surface area (Å²) in [5, 5.41) is 10.0. The minimum atomic E-state index is -0.998. The van der Waals surface area contributed by atoms with Crippen molar-refractivity contribution >= 4 is 28.5 Å². The molecule has 1 unspecified atom stereocenters. The molecule has 1 N–H and O–H groups in total. The standard InChI is InChI=1S/C14H16INO3/c15-7-10-6-11-13(19-10)12(17)14(18)16(11)8-9-4-2-1-3-5-9/h1-5,10-13,17H,6-8H2/t10?,11-,12-,13+/m0/s1. The van der Waals surface area contributed by atoms with Crippen LogP contribution in [0.1, 0.15) is 12.0 Å². The molecule has 4 atom stereocenters. The van der Waals surface area contributed by atoms with Crippen LogP contribution in [-0.4, -0.2) is 44.7 Å². The Morgan fingerprint density at radius 3 is 2.79 bits per heavy atom. The second kappa shape index (κ2) is 5.38. The summed E-state index contributed by atoms with van der Waals surface area (Å²) in [6.45, 7) is 0.551. The van der Waals surface area contributed by atoms with E-state index in [1.165, 1.54) is 0 Å². The molecular weight excluding hydrogens is 357 g/mol. The molecule has 2 aliphatic heterocycles. The molecule has 3 rings (SSSR count). The second-order valence-corrected chi connectivity index (χ2v) is 5.96. The number of benzene rings is 1. The zero-order valence-corrected chi connectivity index (χ0v) is 12.6. The number of hydrogen-bond donors (Lipinski definition) is 1. The predicted octanol–water partition coefficient (Wildman–Crippen LogP) is 1.35. The van der Waals surface area contributed by atoms with Gasteiger partial charge in [-0.15, -0.1) is 0 Å². The van der Waals surface area contributed by atoms with Gasteiger partial charge in [-0.3, -0.25) is 4.79 Å². The van der Waals surface area contributed by atoms with Crippen molar-refractivity contribution in [3.05, 3.63) is 35.9 Å². The smallest absolute Gasteiger partial charge is 0.254 e. The van der Waals surface area contributed by atoms with Crippen molar-refractivity contribution in [1.82, 2.24) is 4.90 Å². The van der Waals surface area contributed by atoms with Crippen LogP contribution in [0, 0.1) is 0 Å². The number of rotatable bonds is 3. The van der Waals surface area contributed by atoms with E-state index < -0.39 is 6.10 Å². The molecule has 19 heavy (non-hydrogen) atoms. The monoisotopic (exact) mass is 373 g/mol. The molecule has 2 heterocycles. The van der Waals surface area contributed by atoms with Gasteiger partial charge >= 0.3 is 0 Å². The Labute approximate surface area is 125 Å². The SMILES string of the molecule is O=C1[C@@H](O)[C@@H]2OC(CI)C[C@@H]2N1Cc1ccccc1. The Balaban J connectivity index is 1.79. The maximum atomic E-state index is 12.1. The van der Waals surface area contributed by atoms with Crippen LogP contribution in [0.15, 0.2) is 30.3 Å². The van der Waals surface area contributed by atoms with Crippen LogP contribution in [-0.2, 0) is 16.1 Å². The normalized spacial score (nSPS) is 33.8. The van der Waals surface area contributed by atoms with E-state index in [2.05, 4.69) is 22.6 Å². The Bertz CT molecular complexity index is 467. The van der Waals surface area contributed by atoms with Crippen LogP contribution >= 0.6 is 22.6 Å². The van der Waals surface area contributed by atoms with Gasteiger partial charge in [0.05, 0.1) is 12.1 Å². The first-order chi connectivity index (χ1) is 9.20. The van der Waals surface area contributed by atoms with Gasteiger partial charge in [0.25, 0.3) is 5.91 Å². The first-order valence-corrected chi connectivity index (χ1v) is 7.97. The lowest BCUT2D eigenvalue weighted by Gasteiger charge is -2.22. The summed E-state index contributed by atoms with van der Waals surface area (Å²) in [6.07, 6.45) is -0.377. The summed E-state index contributed by atoms with van der Waals surface area (Å²) < 4.78 is 6.66. The summed E-state index contributed by atoms with van der Waals surface area (Å²) in [5.41, 5.74) is 1.08. The number of amides is 1. The summed E-state index contributed by atoms with van der Waals surface area (Å²) >= 11 is 2.28. The third kappa shape index (κ3) is 2.39. The number of aliphatic hydroxyl groups is 1. The third-order valence-electron chi connectivity index (χ3n) is 3.85. The van der Waals surface area contributed by atoms with Gasteiger partial charge in [0.1, 0.15) is 6.10 Å². The van der Waals surface area contributed by atoms with Gasteiger partial charge < -0.3 is 14.7 Å². The van der Waals surface area contributed by atoms with Crippen molar-refractivity contribution < 1.29 is 14.6 Å². The van der Waals surface area contributed by atoms with Crippen molar-refractivity contribution in [2.24, 2.45) is 0 Å². The summed E-state index contributed by atoms with van der Waals surface area (Å²) in [4.78, 5) is 13.9. The number of nitrogens with zero attached hydrogens (tertiary/aromatic N) is 1. The fraction of sp³-hybridized carbons (Fsp3) is 0.500.